The first-order chi connectivity index (χ1) is 8.13. The Balaban J connectivity index is 2.21. The van der Waals surface area contributed by atoms with E-state index in [0.29, 0.717) is 0 Å². The summed E-state index contributed by atoms with van der Waals surface area (Å²) < 4.78 is 5.48. The number of hydrogen-bond donors (Lipinski definition) is 2. The number of furan rings is 1. The molecule has 0 unspecified atom stereocenters. The fraction of sp³-hybridized carbons (Fsp3) is 0.154. The van der Waals surface area contributed by atoms with Crippen molar-refractivity contribution in [3.63, 3.8) is 0 Å². The van der Waals surface area contributed by atoms with E-state index in [4.69, 9.17) is 4.42 Å². The predicted molar refractivity (Wildman–Crippen MR) is 64.9 cm³/mol. The highest BCUT2D eigenvalue weighted by molar-refractivity contribution is 5.81. The fourth-order valence-corrected chi connectivity index (χ4v) is 1.99. The maximum absolute atomic E-state index is 9.40. The number of nitrogens with one attached hydrogen (secondary N) is 1. The molecule has 1 aromatic carbocycles. The number of aryl methyl sites for hydroxylation is 2. The van der Waals surface area contributed by atoms with Gasteiger partial charge in [-0.3, -0.25) is 0 Å². The molecule has 2 aromatic heterocycles. The summed E-state index contributed by atoms with van der Waals surface area (Å²) in [5.74, 6) is 2.69. The van der Waals surface area contributed by atoms with E-state index in [9.17, 15) is 5.11 Å². The number of phenols is 1. The molecule has 0 radical (unpaired) electrons. The summed E-state index contributed by atoms with van der Waals surface area (Å²) in [6.07, 6.45) is 0. The van der Waals surface area contributed by atoms with Gasteiger partial charge in [-0.15, -0.1) is 0 Å². The van der Waals surface area contributed by atoms with E-state index in [1.807, 2.05) is 19.9 Å². The Kier molecular flexibility index (Phi) is 1.98. The summed E-state index contributed by atoms with van der Waals surface area (Å²) in [5.41, 5.74) is 2.60. The third-order valence-corrected chi connectivity index (χ3v) is 2.76. The number of aromatic hydroxyl groups is 1. The second kappa shape index (κ2) is 3.38. The summed E-state index contributed by atoms with van der Waals surface area (Å²) in [7, 11) is 0. The minimum absolute atomic E-state index is 0.229. The Hall–Kier alpha value is -2.23. The van der Waals surface area contributed by atoms with Crippen LogP contribution in [0.1, 0.15) is 11.5 Å². The van der Waals surface area contributed by atoms with E-state index < -0.39 is 0 Å². The Morgan fingerprint density at radius 3 is 2.76 bits per heavy atom. The smallest absolute Gasteiger partial charge is 0.142 e. The average Bonchev–Trinajstić information content (AvgIpc) is 2.80. The maximum atomic E-state index is 9.40. The summed E-state index contributed by atoms with van der Waals surface area (Å²) >= 11 is 0. The van der Waals surface area contributed by atoms with Gasteiger partial charge in [-0.2, -0.15) is 0 Å². The molecule has 4 nitrogen and oxygen atoms in total. The molecule has 4 heteroatoms. The van der Waals surface area contributed by atoms with Crippen LogP contribution in [-0.4, -0.2) is 15.1 Å². The Morgan fingerprint density at radius 1 is 1.24 bits per heavy atom. The minimum atomic E-state index is 0.229. The van der Waals surface area contributed by atoms with Gasteiger partial charge in [-0.25, -0.2) is 4.98 Å². The highest BCUT2D eigenvalue weighted by Gasteiger charge is 2.11. The molecule has 0 aliphatic carbocycles. The molecule has 0 spiro atoms. The number of imidazole rings is 1. The van der Waals surface area contributed by atoms with E-state index in [1.54, 1.807) is 18.2 Å². The number of hydrogen-bond acceptors (Lipinski definition) is 3. The van der Waals surface area contributed by atoms with Crippen molar-refractivity contribution < 1.29 is 9.52 Å². The molecule has 0 bridgehead atoms. The lowest BCUT2D eigenvalue weighted by molar-refractivity contribution is 0.476. The molecule has 0 atom stereocenters. The zero-order valence-corrected chi connectivity index (χ0v) is 9.61. The molecular formula is C13H12N2O2. The number of nitrogens with zero attached hydrogens (tertiary/aromatic N) is 1. The van der Waals surface area contributed by atoms with Gasteiger partial charge in [0.2, 0.25) is 0 Å². The molecule has 3 rings (SSSR count). The fourth-order valence-electron chi connectivity index (χ4n) is 1.99. The van der Waals surface area contributed by atoms with E-state index in [-0.39, 0.29) is 5.75 Å². The first-order valence-electron chi connectivity index (χ1n) is 5.39. The van der Waals surface area contributed by atoms with Crippen molar-refractivity contribution >= 4 is 11.0 Å². The Morgan fingerprint density at radius 2 is 2.06 bits per heavy atom. The lowest BCUT2D eigenvalue weighted by Crippen LogP contribution is -1.78. The van der Waals surface area contributed by atoms with Crippen molar-refractivity contribution in [2.45, 2.75) is 13.8 Å². The molecule has 0 fully saturated rings. The van der Waals surface area contributed by atoms with Gasteiger partial charge in [-0.05, 0) is 32.0 Å². The van der Waals surface area contributed by atoms with Crippen LogP contribution in [0.25, 0.3) is 22.4 Å². The Labute approximate surface area is 97.9 Å². The summed E-state index contributed by atoms with van der Waals surface area (Å²) in [6.45, 7) is 3.82. The van der Waals surface area contributed by atoms with Crippen LogP contribution in [0.4, 0.5) is 0 Å². The number of phenolic OH excluding ortho intramolecular Hbond substituents is 1. The number of rotatable bonds is 1. The normalized spacial score (nSPS) is 11.2. The SMILES string of the molecule is Cc1cc(-c2nc3ccc(O)cc3[nH]2)c(C)o1. The zero-order chi connectivity index (χ0) is 12.0. The first-order valence-corrected chi connectivity index (χ1v) is 5.39. The van der Waals surface area contributed by atoms with Crippen molar-refractivity contribution in [1.82, 2.24) is 9.97 Å². The van der Waals surface area contributed by atoms with Crippen LogP contribution in [0.5, 0.6) is 5.75 Å². The van der Waals surface area contributed by atoms with Crippen LogP contribution >= 0.6 is 0 Å². The van der Waals surface area contributed by atoms with Gasteiger partial charge in [-0.1, -0.05) is 0 Å². The lowest BCUT2D eigenvalue weighted by Gasteiger charge is -1.90. The van der Waals surface area contributed by atoms with Crippen LogP contribution in [0.15, 0.2) is 28.7 Å². The van der Waals surface area contributed by atoms with Crippen molar-refractivity contribution in [3.8, 4) is 17.1 Å². The maximum Gasteiger partial charge on any atom is 0.142 e. The third-order valence-electron chi connectivity index (χ3n) is 2.76. The number of aromatic nitrogens is 2. The van der Waals surface area contributed by atoms with E-state index in [0.717, 1.165) is 33.9 Å². The van der Waals surface area contributed by atoms with Gasteiger partial charge in [0, 0.05) is 6.07 Å². The molecule has 17 heavy (non-hydrogen) atoms. The minimum Gasteiger partial charge on any atom is -0.508 e. The van der Waals surface area contributed by atoms with Crippen molar-refractivity contribution in [2.24, 2.45) is 0 Å². The van der Waals surface area contributed by atoms with Gasteiger partial charge < -0.3 is 14.5 Å². The molecular weight excluding hydrogens is 216 g/mol. The number of benzene rings is 1. The summed E-state index contributed by atoms with van der Waals surface area (Å²) in [4.78, 5) is 7.65. The number of H-pyrrole nitrogens is 1. The molecule has 0 amide bonds. The van der Waals surface area contributed by atoms with E-state index in [1.165, 1.54) is 0 Å². The Bertz CT molecular complexity index is 695. The molecule has 0 saturated heterocycles. The second-order valence-electron chi connectivity index (χ2n) is 4.11. The van der Waals surface area contributed by atoms with Crippen LogP contribution in [-0.2, 0) is 0 Å². The van der Waals surface area contributed by atoms with Gasteiger partial charge >= 0.3 is 0 Å². The van der Waals surface area contributed by atoms with Gasteiger partial charge in [0.25, 0.3) is 0 Å². The molecule has 0 aliphatic rings. The van der Waals surface area contributed by atoms with Gasteiger partial charge in [0.15, 0.2) is 0 Å². The highest BCUT2D eigenvalue weighted by atomic mass is 16.3. The molecule has 2 heterocycles. The largest absolute Gasteiger partial charge is 0.508 e. The average molecular weight is 228 g/mol. The first kappa shape index (κ1) is 9.96. The van der Waals surface area contributed by atoms with Crippen molar-refractivity contribution in [3.05, 3.63) is 35.8 Å². The molecule has 86 valence electrons. The predicted octanol–water partition coefficient (Wildman–Crippen LogP) is 3.15. The van der Waals surface area contributed by atoms with Crippen LogP contribution < -0.4 is 0 Å². The van der Waals surface area contributed by atoms with Gasteiger partial charge in [0.1, 0.15) is 23.1 Å². The monoisotopic (exact) mass is 228 g/mol. The van der Waals surface area contributed by atoms with E-state index >= 15 is 0 Å². The lowest BCUT2D eigenvalue weighted by atomic mass is 10.2. The van der Waals surface area contributed by atoms with Crippen LogP contribution in [0.3, 0.4) is 0 Å². The highest BCUT2D eigenvalue weighted by Crippen LogP contribution is 2.27. The molecule has 3 aromatic rings. The topological polar surface area (TPSA) is 62.1 Å². The number of fused-ring (bicyclic) bond motifs is 1. The quantitative estimate of drug-likeness (QED) is 0.672. The molecule has 0 saturated carbocycles. The van der Waals surface area contributed by atoms with Gasteiger partial charge in [0.05, 0.1) is 16.6 Å². The number of aromatic amines is 1. The third kappa shape index (κ3) is 1.58. The second-order valence-corrected chi connectivity index (χ2v) is 4.11. The molecule has 2 N–H and O–H groups in total. The zero-order valence-electron chi connectivity index (χ0n) is 9.61. The van der Waals surface area contributed by atoms with Crippen LogP contribution in [0, 0.1) is 13.8 Å². The van der Waals surface area contributed by atoms with Crippen molar-refractivity contribution in [2.75, 3.05) is 0 Å². The molecule has 0 aliphatic heterocycles. The summed E-state index contributed by atoms with van der Waals surface area (Å²) in [6, 6.07) is 7.02. The van der Waals surface area contributed by atoms with E-state index in [2.05, 4.69) is 9.97 Å². The summed E-state index contributed by atoms with van der Waals surface area (Å²) in [5, 5.41) is 9.40. The van der Waals surface area contributed by atoms with Crippen molar-refractivity contribution in [1.29, 1.82) is 0 Å². The van der Waals surface area contributed by atoms with Crippen LogP contribution in [0.2, 0.25) is 0 Å². The standard InChI is InChI=1S/C13H12N2O2/c1-7-5-10(8(2)17-7)13-14-11-4-3-9(16)6-12(11)15-13/h3-6,16H,1-2H3,(H,14,15).